The van der Waals surface area contributed by atoms with Crippen LogP contribution in [0.15, 0.2) is 36.4 Å². The van der Waals surface area contributed by atoms with Crippen molar-refractivity contribution in [1.29, 1.82) is 0 Å². The molecule has 28 heavy (non-hydrogen) atoms. The number of likely N-dealkylation sites (N-methyl/N-ethyl adjacent to an activating group) is 1. The molecule has 1 heterocycles. The zero-order valence-corrected chi connectivity index (χ0v) is 17.5. The highest BCUT2D eigenvalue weighted by atomic mass is 32.2. The number of hydrogen-bond acceptors (Lipinski definition) is 5. The van der Waals surface area contributed by atoms with Gasteiger partial charge < -0.3 is 15.0 Å². The number of thioether (sulfide) groups is 1. The zero-order valence-electron chi connectivity index (χ0n) is 16.7. The number of benzene rings is 2. The molecule has 5 heteroatoms. The van der Waals surface area contributed by atoms with Crippen molar-refractivity contribution in [3.05, 3.63) is 58.7 Å². The van der Waals surface area contributed by atoms with Crippen LogP contribution in [0.5, 0.6) is 5.75 Å². The summed E-state index contributed by atoms with van der Waals surface area (Å²) in [7, 11) is 3.98. The van der Waals surface area contributed by atoms with Gasteiger partial charge in [0.1, 0.15) is 5.75 Å². The lowest BCUT2D eigenvalue weighted by atomic mass is 9.82. The highest BCUT2D eigenvalue weighted by Gasteiger charge is 2.24. The molecule has 1 N–H and O–H groups in total. The summed E-state index contributed by atoms with van der Waals surface area (Å²) in [4.78, 5) is 14.4. The van der Waals surface area contributed by atoms with Crippen molar-refractivity contribution in [3.63, 3.8) is 0 Å². The van der Waals surface area contributed by atoms with Gasteiger partial charge in [0.25, 0.3) is 0 Å². The number of ether oxygens (including phenoxy) is 1. The van der Waals surface area contributed by atoms with Crippen LogP contribution in [-0.2, 0) is 12.8 Å². The Hall–Kier alpha value is -1.98. The first kappa shape index (κ1) is 19.3. The summed E-state index contributed by atoms with van der Waals surface area (Å²) in [6.45, 7) is 2.08. The summed E-state index contributed by atoms with van der Waals surface area (Å²) in [5.74, 6) is 2.28. The molecule has 4 nitrogen and oxygen atoms in total. The van der Waals surface area contributed by atoms with E-state index in [9.17, 15) is 4.79 Å². The van der Waals surface area contributed by atoms with Gasteiger partial charge in [-0.1, -0.05) is 30.0 Å². The van der Waals surface area contributed by atoms with E-state index in [1.807, 2.05) is 6.07 Å². The molecule has 2 aromatic rings. The third-order valence-corrected chi connectivity index (χ3v) is 6.66. The summed E-state index contributed by atoms with van der Waals surface area (Å²) in [5.41, 5.74) is 5.94. The highest BCUT2D eigenvalue weighted by Crippen LogP contribution is 2.37. The van der Waals surface area contributed by atoms with E-state index in [0.717, 1.165) is 42.9 Å². The maximum absolute atomic E-state index is 11.9. The van der Waals surface area contributed by atoms with E-state index >= 15 is 0 Å². The van der Waals surface area contributed by atoms with E-state index in [1.165, 1.54) is 41.3 Å². The van der Waals surface area contributed by atoms with E-state index in [2.05, 4.69) is 47.6 Å². The maximum Gasteiger partial charge on any atom is 0.223 e. The van der Waals surface area contributed by atoms with Crippen molar-refractivity contribution in [3.8, 4) is 5.75 Å². The Bertz CT molecular complexity index is 868. The lowest BCUT2D eigenvalue weighted by Gasteiger charge is -2.30. The van der Waals surface area contributed by atoms with Gasteiger partial charge in [-0.15, -0.1) is 0 Å². The summed E-state index contributed by atoms with van der Waals surface area (Å²) in [6, 6.07) is 12.7. The lowest BCUT2D eigenvalue weighted by Crippen LogP contribution is -2.28. The molecule has 1 atom stereocenters. The normalized spacial score (nSPS) is 18.4. The number of rotatable bonds is 6. The van der Waals surface area contributed by atoms with Gasteiger partial charge in [0.2, 0.25) is 5.12 Å². The average Bonchev–Trinajstić information content (AvgIpc) is 2.72. The molecule has 0 amide bonds. The quantitative estimate of drug-likeness (QED) is 0.776. The number of hydrogen-bond donors (Lipinski definition) is 1. The Morgan fingerprint density at radius 3 is 3.04 bits per heavy atom. The highest BCUT2D eigenvalue weighted by molar-refractivity contribution is 8.14. The van der Waals surface area contributed by atoms with Gasteiger partial charge in [-0.25, -0.2) is 0 Å². The minimum atomic E-state index is 0.170. The first-order valence-corrected chi connectivity index (χ1v) is 11.0. The number of nitrogens with zero attached hydrogens (tertiary/aromatic N) is 1. The van der Waals surface area contributed by atoms with Crippen molar-refractivity contribution >= 4 is 22.6 Å². The summed E-state index contributed by atoms with van der Waals surface area (Å²) in [5, 5.41) is 3.50. The molecule has 0 saturated heterocycles. The van der Waals surface area contributed by atoms with Gasteiger partial charge in [0.15, 0.2) is 0 Å². The Kier molecular flexibility index (Phi) is 5.93. The van der Waals surface area contributed by atoms with Crippen molar-refractivity contribution in [1.82, 2.24) is 4.90 Å². The Labute approximate surface area is 171 Å². The van der Waals surface area contributed by atoms with Crippen molar-refractivity contribution in [2.24, 2.45) is 0 Å². The van der Waals surface area contributed by atoms with Crippen molar-refractivity contribution in [2.45, 2.75) is 31.6 Å². The smallest absolute Gasteiger partial charge is 0.223 e. The van der Waals surface area contributed by atoms with Gasteiger partial charge >= 0.3 is 0 Å². The molecular weight excluding hydrogens is 368 g/mol. The van der Waals surface area contributed by atoms with Crippen molar-refractivity contribution in [2.75, 3.05) is 38.4 Å². The minimum absolute atomic E-state index is 0.170. The fourth-order valence-corrected chi connectivity index (χ4v) is 5.10. The fourth-order valence-electron chi connectivity index (χ4n) is 4.41. The van der Waals surface area contributed by atoms with Crippen LogP contribution in [0.2, 0.25) is 0 Å². The molecule has 4 rings (SSSR count). The number of methoxy groups -OCH3 is 1. The molecular formula is C23H28N2O2S. The molecule has 1 aliphatic carbocycles. The van der Waals surface area contributed by atoms with Crippen LogP contribution in [-0.4, -0.2) is 43.1 Å². The number of nitrogens with one attached hydrogen (secondary N) is 1. The lowest BCUT2D eigenvalue weighted by molar-refractivity contribution is 0.108. The molecule has 1 unspecified atom stereocenters. The Morgan fingerprint density at radius 1 is 1.29 bits per heavy atom. The predicted molar refractivity (Wildman–Crippen MR) is 117 cm³/mol. The van der Waals surface area contributed by atoms with E-state index in [4.69, 9.17) is 4.74 Å². The average molecular weight is 397 g/mol. The Morgan fingerprint density at radius 2 is 2.18 bits per heavy atom. The monoisotopic (exact) mass is 396 g/mol. The largest absolute Gasteiger partial charge is 0.496 e. The molecule has 2 aliphatic rings. The number of anilines is 1. The molecule has 0 radical (unpaired) electrons. The zero-order chi connectivity index (χ0) is 19.5. The van der Waals surface area contributed by atoms with E-state index in [1.54, 1.807) is 7.11 Å². The van der Waals surface area contributed by atoms with E-state index < -0.39 is 0 Å². The molecule has 2 aromatic carbocycles. The molecule has 0 aromatic heterocycles. The van der Waals surface area contributed by atoms with Crippen LogP contribution in [0, 0.1) is 0 Å². The molecule has 0 saturated carbocycles. The van der Waals surface area contributed by atoms with E-state index in [-0.39, 0.29) is 5.12 Å². The first-order chi connectivity index (χ1) is 13.7. The van der Waals surface area contributed by atoms with Crippen LogP contribution >= 0.6 is 11.8 Å². The summed E-state index contributed by atoms with van der Waals surface area (Å²) in [6.07, 6.45) is 4.59. The summed E-state index contributed by atoms with van der Waals surface area (Å²) < 4.78 is 5.58. The second-order valence-corrected chi connectivity index (χ2v) is 8.71. The fraction of sp³-hybridized carbons (Fsp3) is 0.435. The van der Waals surface area contributed by atoms with Crippen LogP contribution < -0.4 is 10.1 Å². The standard InChI is InChI=1S/C23H28N2O2S/c1-25(12-11-16-9-10-20-21(13-16)24-15-28-23(20)26)14-17-5-3-7-19-18(17)6-4-8-22(19)27-2/h4,6,8-10,13,17,24H,3,5,7,11-12,14-15H2,1-2H3. The van der Waals surface area contributed by atoms with Crippen LogP contribution in [0.25, 0.3) is 0 Å². The maximum atomic E-state index is 11.9. The number of carbonyl (C=O) groups excluding carboxylic acids is 1. The topological polar surface area (TPSA) is 41.6 Å². The predicted octanol–water partition coefficient (Wildman–Crippen LogP) is 4.55. The SMILES string of the molecule is COc1cccc2c1CCCC2CN(C)CCc1ccc2c(c1)NCSC2=O. The Balaban J connectivity index is 1.38. The third kappa shape index (κ3) is 4.06. The molecule has 0 fully saturated rings. The first-order valence-electron chi connectivity index (χ1n) is 10.0. The van der Waals surface area contributed by atoms with E-state index in [0.29, 0.717) is 11.8 Å². The molecule has 0 spiro atoms. The number of fused-ring (bicyclic) bond motifs is 2. The van der Waals surface area contributed by atoms with Crippen LogP contribution in [0.1, 0.15) is 45.8 Å². The number of carbonyl (C=O) groups is 1. The van der Waals surface area contributed by atoms with Gasteiger partial charge in [-0.3, -0.25) is 4.79 Å². The van der Waals surface area contributed by atoms with Crippen LogP contribution in [0.3, 0.4) is 0 Å². The third-order valence-electron chi connectivity index (χ3n) is 5.89. The minimum Gasteiger partial charge on any atom is -0.496 e. The molecule has 148 valence electrons. The molecule has 0 bridgehead atoms. The van der Waals surface area contributed by atoms with Gasteiger partial charge in [-0.05, 0) is 73.5 Å². The molecule has 1 aliphatic heterocycles. The van der Waals surface area contributed by atoms with Crippen LogP contribution in [0.4, 0.5) is 5.69 Å². The second-order valence-electron chi connectivity index (χ2n) is 7.76. The summed E-state index contributed by atoms with van der Waals surface area (Å²) >= 11 is 1.33. The van der Waals surface area contributed by atoms with Crippen molar-refractivity contribution < 1.29 is 9.53 Å². The van der Waals surface area contributed by atoms with Gasteiger partial charge in [0.05, 0.1) is 18.6 Å². The second kappa shape index (κ2) is 8.58. The van der Waals surface area contributed by atoms with Gasteiger partial charge in [-0.2, -0.15) is 0 Å². The van der Waals surface area contributed by atoms with Gasteiger partial charge in [0, 0.05) is 18.8 Å².